The average Bonchev–Trinajstić information content (AvgIpc) is 3.06. The fourth-order valence-corrected chi connectivity index (χ4v) is 3.31. The van der Waals surface area contributed by atoms with Crippen LogP contribution in [-0.4, -0.2) is 33.8 Å². The molecule has 0 aromatic heterocycles. The first kappa shape index (κ1) is 17.1. The fourth-order valence-electron chi connectivity index (χ4n) is 3.31. The van der Waals surface area contributed by atoms with Crippen LogP contribution in [0.15, 0.2) is 36.4 Å². The summed E-state index contributed by atoms with van der Waals surface area (Å²) in [5.74, 6) is 2.35. The minimum atomic E-state index is -0.0900. The predicted molar refractivity (Wildman–Crippen MR) is 95.9 cm³/mol. The van der Waals surface area contributed by atoms with E-state index in [0.717, 1.165) is 24.3 Å². The second-order valence-corrected chi connectivity index (χ2v) is 6.08. The first-order valence-electron chi connectivity index (χ1n) is 8.33. The van der Waals surface area contributed by atoms with Crippen LogP contribution < -0.4 is 19.5 Å². The molecule has 2 aromatic carbocycles. The Kier molecular flexibility index (Phi) is 5.12. The van der Waals surface area contributed by atoms with Gasteiger partial charge in [0.1, 0.15) is 5.75 Å². The summed E-state index contributed by atoms with van der Waals surface area (Å²) < 4.78 is 15.9. The van der Waals surface area contributed by atoms with E-state index in [2.05, 4.69) is 5.32 Å². The van der Waals surface area contributed by atoms with Gasteiger partial charge in [0.15, 0.2) is 11.5 Å². The maximum absolute atomic E-state index is 12.4. The fraction of sp³-hybridized carbons (Fsp3) is 0.350. The third-order valence-corrected chi connectivity index (χ3v) is 4.69. The monoisotopic (exact) mass is 341 g/mol. The van der Waals surface area contributed by atoms with Crippen molar-refractivity contribution in [1.82, 2.24) is 5.32 Å². The van der Waals surface area contributed by atoms with Gasteiger partial charge in [0.25, 0.3) is 5.91 Å². The first-order valence-corrected chi connectivity index (χ1v) is 8.33. The molecule has 1 aliphatic rings. The molecular weight excluding hydrogens is 318 g/mol. The molecule has 0 heterocycles. The average molecular weight is 341 g/mol. The number of rotatable bonds is 6. The third kappa shape index (κ3) is 3.55. The third-order valence-electron chi connectivity index (χ3n) is 4.69. The molecule has 0 bridgehead atoms. The maximum Gasteiger partial charge on any atom is 0.251 e. The molecule has 1 atom stereocenters. The van der Waals surface area contributed by atoms with Gasteiger partial charge in [0, 0.05) is 18.0 Å². The van der Waals surface area contributed by atoms with Crippen LogP contribution in [0, 0.1) is 0 Å². The van der Waals surface area contributed by atoms with Gasteiger partial charge in [0.05, 0.1) is 21.3 Å². The van der Waals surface area contributed by atoms with Crippen LogP contribution in [0.2, 0.25) is 0 Å². The van der Waals surface area contributed by atoms with Crippen LogP contribution in [-0.2, 0) is 6.42 Å². The van der Waals surface area contributed by atoms with Crippen molar-refractivity contribution in [2.75, 3.05) is 27.9 Å². The number of benzene rings is 2. The zero-order chi connectivity index (χ0) is 17.8. The Morgan fingerprint density at radius 1 is 1.08 bits per heavy atom. The minimum Gasteiger partial charge on any atom is -0.497 e. The summed E-state index contributed by atoms with van der Waals surface area (Å²) in [4.78, 5) is 12.4. The van der Waals surface area contributed by atoms with Crippen molar-refractivity contribution in [2.24, 2.45) is 0 Å². The molecule has 1 amide bonds. The van der Waals surface area contributed by atoms with Gasteiger partial charge < -0.3 is 19.5 Å². The summed E-state index contributed by atoms with van der Waals surface area (Å²) in [6, 6.07) is 11.2. The standard InChI is InChI=1S/C20H23NO4/c1-23-16-6-4-5-14(9-16)20(22)21-12-15-8-7-13-10-18(24-2)19(25-3)11-17(13)15/h4-6,9-11,15H,7-8,12H2,1-3H3,(H,21,22). The minimum absolute atomic E-state index is 0.0900. The highest BCUT2D eigenvalue weighted by Crippen LogP contribution is 2.40. The van der Waals surface area contributed by atoms with Crippen molar-refractivity contribution >= 4 is 5.91 Å². The summed E-state index contributed by atoms with van der Waals surface area (Å²) in [6.45, 7) is 0.596. The molecule has 0 saturated heterocycles. The summed E-state index contributed by atoms with van der Waals surface area (Å²) >= 11 is 0. The number of fused-ring (bicyclic) bond motifs is 1. The Morgan fingerprint density at radius 2 is 1.84 bits per heavy atom. The van der Waals surface area contributed by atoms with Crippen molar-refractivity contribution in [3.05, 3.63) is 53.1 Å². The second-order valence-electron chi connectivity index (χ2n) is 6.08. The lowest BCUT2D eigenvalue weighted by atomic mass is 10.0. The molecule has 5 heteroatoms. The van der Waals surface area contributed by atoms with E-state index in [1.807, 2.05) is 24.3 Å². The highest BCUT2D eigenvalue weighted by molar-refractivity contribution is 5.94. The van der Waals surface area contributed by atoms with E-state index >= 15 is 0 Å². The van der Waals surface area contributed by atoms with Gasteiger partial charge in [-0.25, -0.2) is 0 Å². The molecule has 0 spiro atoms. The number of carbonyl (C=O) groups excluding carboxylic acids is 1. The second kappa shape index (κ2) is 7.47. The van der Waals surface area contributed by atoms with Gasteiger partial charge in [-0.1, -0.05) is 6.07 Å². The van der Waals surface area contributed by atoms with Crippen LogP contribution in [0.1, 0.15) is 33.8 Å². The van der Waals surface area contributed by atoms with Crippen molar-refractivity contribution < 1.29 is 19.0 Å². The van der Waals surface area contributed by atoms with Crippen molar-refractivity contribution in [2.45, 2.75) is 18.8 Å². The van der Waals surface area contributed by atoms with Gasteiger partial charge in [-0.3, -0.25) is 4.79 Å². The van der Waals surface area contributed by atoms with Gasteiger partial charge in [0.2, 0.25) is 0 Å². The normalized spacial score (nSPS) is 15.4. The zero-order valence-corrected chi connectivity index (χ0v) is 14.8. The molecule has 0 aliphatic heterocycles. The Bertz CT molecular complexity index is 772. The molecule has 25 heavy (non-hydrogen) atoms. The number of ether oxygens (including phenoxy) is 3. The lowest BCUT2D eigenvalue weighted by molar-refractivity contribution is 0.0950. The van der Waals surface area contributed by atoms with E-state index in [1.165, 1.54) is 11.1 Å². The molecular formula is C20H23NO4. The topological polar surface area (TPSA) is 56.8 Å². The maximum atomic E-state index is 12.4. The Morgan fingerprint density at radius 3 is 2.56 bits per heavy atom. The molecule has 3 rings (SSSR count). The highest BCUT2D eigenvalue weighted by Gasteiger charge is 2.25. The van der Waals surface area contributed by atoms with Gasteiger partial charge in [-0.2, -0.15) is 0 Å². The van der Waals surface area contributed by atoms with E-state index in [4.69, 9.17) is 14.2 Å². The Balaban J connectivity index is 1.70. The van der Waals surface area contributed by atoms with Crippen LogP contribution in [0.5, 0.6) is 17.2 Å². The summed E-state index contributed by atoms with van der Waals surface area (Å²) in [5.41, 5.74) is 3.09. The Hall–Kier alpha value is -2.69. The molecule has 132 valence electrons. The van der Waals surface area contributed by atoms with Crippen LogP contribution in [0.3, 0.4) is 0 Å². The van der Waals surface area contributed by atoms with Crippen LogP contribution >= 0.6 is 0 Å². The highest BCUT2D eigenvalue weighted by atomic mass is 16.5. The van der Waals surface area contributed by atoms with Gasteiger partial charge >= 0.3 is 0 Å². The molecule has 0 radical (unpaired) electrons. The number of nitrogens with one attached hydrogen (secondary N) is 1. The van der Waals surface area contributed by atoms with Gasteiger partial charge in [-0.15, -0.1) is 0 Å². The van der Waals surface area contributed by atoms with E-state index in [-0.39, 0.29) is 11.8 Å². The zero-order valence-electron chi connectivity index (χ0n) is 14.8. The molecule has 0 fully saturated rings. The molecule has 1 N–H and O–H groups in total. The summed E-state index contributed by atoms with van der Waals surface area (Å²) in [6.07, 6.45) is 1.99. The number of hydrogen-bond acceptors (Lipinski definition) is 4. The van der Waals surface area contributed by atoms with E-state index in [1.54, 1.807) is 33.5 Å². The largest absolute Gasteiger partial charge is 0.497 e. The van der Waals surface area contributed by atoms with Crippen molar-refractivity contribution in [3.8, 4) is 17.2 Å². The van der Waals surface area contributed by atoms with E-state index in [0.29, 0.717) is 17.9 Å². The number of hydrogen-bond donors (Lipinski definition) is 1. The molecule has 1 aliphatic carbocycles. The Labute approximate surface area is 147 Å². The smallest absolute Gasteiger partial charge is 0.251 e. The van der Waals surface area contributed by atoms with Gasteiger partial charge in [-0.05, 0) is 54.3 Å². The SMILES string of the molecule is COc1cccc(C(=O)NCC2CCc3cc(OC)c(OC)cc32)c1. The molecule has 5 nitrogen and oxygen atoms in total. The van der Waals surface area contributed by atoms with Crippen LogP contribution in [0.4, 0.5) is 0 Å². The van der Waals surface area contributed by atoms with Crippen molar-refractivity contribution in [1.29, 1.82) is 0 Å². The molecule has 2 aromatic rings. The lowest BCUT2D eigenvalue weighted by Gasteiger charge is -2.15. The quantitative estimate of drug-likeness (QED) is 0.877. The summed E-state index contributed by atoms with van der Waals surface area (Å²) in [5, 5.41) is 3.03. The molecule has 1 unspecified atom stereocenters. The van der Waals surface area contributed by atoms with Crippen molar-refractivity contribution in [3.63, 3.8) is 0 Å². The van der Waals surface area contributed by atoms with E-state index in [9.17, 15) is 4.79 Å². The van der Waals surface area contributed by atoms with Crippen LogP contribution in [0.25, 0.3) is 0 Å². The predicted octanol–water partition coefficient (Wildman–Crippen LogP) is 3.17. The number of methoxy groups -OCH3 is 3. The number of aryl methyl sites for hydroxylation is 1. The van der Waals surface area contributed by atoms with E-state index < -0.39 is 0 Å². The molecule has 0 saturated carbocycles. The lowest BCUT2D eigenvalue weighted by Crippen LogP contribution is -2.27. The summed E-state index contributed by atoms with van der Waals surface area (Å²) in [7, 11) is 4.87. The number of carbonyl (C=O) groups is 1. The first-order chi connectivity index (χ1) is 12.2. The number of amides is 1.